The van der Waals surface area contributed by atoms with Crippen molar-refractivity contribution in [3.63, 3.8) is 0 Å². The summed E-state index contributed by atoms with van der Waals surface area (Å²) in [4.78, 5) is 29.1. The van der Waals surface area contributed by atoms with Crippen LogP contribution in [0.5, 0.6) is 5.75 Å². The number of phenolic OH excluding ortho intramolecular Hbond substituents is 1. The van der Waals surface area contributed by atoms with E-state index in [1.54, 1.807) is 17.0 Å². The van der Waals surface area contributed by atoms with Crippen molar-refractivity contribution < 1.29 is 14.7 Å². The number of hydrogen-bond donors (Lipinski definition) is 2. The molecule has 134 valence electrons. The number of benzene rings is 1. The van der Waals surface area contributed by atoms with Gasteiger partial charge in [0.25, 0.3) is 5.91 Å². The molecule has 0 radical (unpaired) electrons. The highest BCUT2D eigenvalue weighted by molar-refractivity contribution is 5.94. The fourth-order valence-electron chi connectivity index (χ4n) is 4.83. The highest BCUT2D eigenvalue weighted by Crippen LogP contribution is 2.48. The van der Waals surface area contributed by atoms with Gasteiger partial charge in [-0.2, -0.15) is 0 Å². The number of carbonyl (C=O) groups excluding carboxylic acids is 2. The van der Waals surface area contributed by atoms with Gasteiger partial charge in [-0.05, 0) is 55.4 Å². The Balaban J connectivity index is 1.36. The molecule has 3 N–H and O–H groups in total. The van der Waals surface area contributed by atoms with Crippen LogP contribution in [0.3, 0.4) is 0 Å². The standard InChI is InChI=1S/C19H25N3O3/c20-17-14-2-1-13(11-14)16(17)19(25)22-9-7-21(8-10-22)18(24)12-3-5-15(23)6-4-12/h3-6,13-14,16-17,23H,1-2,7-11,20H2. The van der Waals surface area contributed by atoms with E-state index in [0.29, 0.717) is 43.6 Å². The first-order valence-electron chi connectivity index (χ1n) is 9.17. The van der Waals surface area contributed by atoms with Crippen LogP contribution < -0.4 is 5.73 Å². The molecule has 0 spiro atoms. The second kappa shape index (κ2) is 6.33. The van der Waals surface area contributed by atoms with E-state index >= 15 is 0 Å². The number of piperazine rings is 1. The first-order chi connectivity index (χ1) is 12.0. The molecule has 1 aromatic rings. The summed E-state index contributed by atoms with van der Waals surface area (Å²) in [6.07, 6.45) is 3.41. The molecule has 3 aliphatic rings. The second-order valence-electron chi connectivity index (χ2n) is 7.60. The normalized spacial score (nSPS) is 31.4. The third kappa shape index (κ3) is 2.88. The number of rotatable bonds is 2. The van der Waals surface area contributed by atoms with Gasteiger partial charge >= 0.3 is 0 Å². The maximum Gasteiger partial charge on any atom is 0.253 e. The van der Waals surface area contributed by atoms with Gasteiger partial charge in [-0.25, -0.2) is 0 Å². The third-order valence-corrected chi connectivity index (χ3v) is 6.26. The number of fused-ring (bicyclic) bond motifs is 2. The number of nitrogens with zero attached hydrogens (tertiary/aromatic N) is 2. The molecule has 1 heterocycles. The minimum absolute atomic E-state index is 0.0156. The van der Waals surface area contributed by atoms with E-state index in [9.17, 15) is 14.7 Å². The van der Waals surface area contributed by atoms with Crippen LogP contribution in [0.4, 0.5) is 0 Å². The fraction of sp³-hybridized carbons (Fsp3) is 0.579. The van der Waals surface area contributed by atoms with Gasteiger partial charge in [-0.15, -0.1) is 0 Å². The zero-order chi connectivity index (χ0) is 17.6. The Morgan fingerprint density at radius 1 is 0.960 bits per heavy atom. The van der Waals surface area contributed by atoms with Crippen molar-refractivity contribution in [1.82, 2.24) is 9.80 Å². The zero-order valence-corrected chi connectivity index (χ0v) is 14.3. The SMILES string of the molecule is NC1C2CCC(C2)C1C(=O)N1CCN(C(=O)c2ccc(O)cc2)CC1. The largest absolute Gasteiger partial charge is 0.508 e. The molecule has 0 aromatic heterocycles. The molecular weight excluding hydrogens is 318 g/mol. The lowest BCUT2D eigenvalue weighted by Crippen LogP contribution is -2.54. The van der Waals surface area contributed by atoms with Crippen molar-refractivity contribution >= 4 is 11.8 Å². The molecular formula is C19H25N3O3. The predicted octanol–water partition coefficient (Wildman–Crippen LogP) is 1.05. The Hall–Kier alpha value is -2.08. The van der Waals surface area contributed by atoms with Gasteiger partial charge in [-0.3, -0.25) is 9.59 Å². The molecule has 2 amide bonds. The van der Waals surface area contributed by atoms with Gasteiger partial charge in [0, 0.05) is 37.8 Å². The van der Waals surface area contributed by atoms with Crippen molar-refractivity contribution in [3.8, 4) is 5.75 Å². The summed E-state index contributed by atoms with van der Waals surface area (Å²) in [6, 6.07) is 6.31. The quantitative estimate of drug-likeness (QED) is 0.840. The third-order valence-electron chi connectivity index (χ3n) is 6.26. The summed E-state index contributed by atoms with van der Waals surface area (Å²) in [7, 11) is 0. The molecule has 2 aliphatic carbocycles. The summed E-state index contributed by atoms with van der Waals surface area (Å²) in [5, 5.41) is 9.34. The van der Waals surface area contributed by atoms with E-state index in [1.165, 1.54) is 18.6 Å². The summed E-state index contributed by atoms with van der Waals surface area (Å²) < 4.78 is 0. The molecule has 6 nitrogen and oxygen atoms in total. The number of nitrogens with two attached hydrogens (primary N) is 1. The lowest BCUT2D eigenvalue weighted by Gasteiger charge is -2.38. The predicted molar refractivity (Wildman–Crippen MR) is 92.9 cm³/mol. The van der Waals surface area contributed by atoms with Crippen LogP contribution in [0, 0.1) is 17.8 Å². The van der Waals surface area contributed by atoms with Crippen LogP contribution >= 0.6 is 0 Å². The van der Waals surface area contributed by atoms with Crippen LogP contribution in [0.15, 0.2) is 24.3 Å². The molecule has 2 bridgehead atoms. The van der Waals surface area contributed by atoms with Gasteiger partial charge in [0.05, 0.1) is 5.92 Å². The molecule has 1 saturated heterocycles. The first-order valence-corrected chi connectivity index (χ1v) is 9.17. The molecule has 2 saturated carbocycles. The molecule has 1 aliphatic heterocycles. The van der Waals surface area contributed by atoms with Crippen LogP contribution in [0.2, 0.25) is 0 Å². The van der Waals surface area contributed by atoms with E-state index in [4.69, 9.17) is 5.73 Å². The monoisotopic (exact) mass is 343 g/mol. The Morgan fingerprint density at radius 2 is 1.56 bits per heavy atom. The number of aromatic hydroxyl groups is 1. The van der Waals surface area contributed by atoms with E-state index in [-0.39, 0.29) is 29.5 Å². The minimum Gasteiger partial charge on any atom is -0.508 e. The van der Waals surface area contributed by atoms with E-state index < -0.39 is 0 Å². The van der Waals surface area contributed by atoms with E-state index in [2.05, 4.69) is 0 Å². The molecule has 4 atom stereocenters. The van der Waals surface area contributed by atoms with Gasteiger partial charge in [0.2, 0.25) is 5.91 Å². The van der Waals surface area contributed by atoms with E-state index in [1.807, 2.05) is 4.90 Å². The average Bonchev–Trinajstić information content (AvgIpc) is 3.22. The van der Waals surface area contributed by atoms with Crippen LogP contribution in [-0.4, -0.2) is 58.9 Å². The van der Waals surface area contributed by atoms with Gasteiger partial charge in [-0.1, -0.05) is 0 Å². The maximum atomic E-state index is 12.9. The molecule has 25 heavy (non-hydrogen) atoms. The average molecular weight is 343 g/mol. The molecule has 4 rings (SSSR count). The molecule has 1 aromatic carbocycles. The van der Waals surface area contributed by atoms with Crippen molar-refractivity contribution in [2.75, 3.05) is 26.2 Å². The lowest BCUT2D eigenvalue weighted by atomic mass is 9.84. The Bertz CT molecular complexity index is 665. The van der Waals surface area contributed by atoms with Gasteiger partial charge in [0.15, 0.2) is 0 Å². The molecule has 6 heteroatoms. The summed E-state index contributed by atoms with van der Waals surface area (Å²) >= 11 is 0. The van der Waals surface area contributed by atoms with E-state index in [0.717, 1.165) is 12.8 Å². The summed E-state index contributed by atoms with van der Waals surface area (Å²) in [5.41, 5.74) is 6.87. The topological polar surface area (TPSA) is 86.9 Å². The number of phenols is 1. The molecule has 4 unspecified atom stereocenters. The minimum atomic E-state index is -0.0521. The fourth-order valence-corrected chi connectivity index (χ4v) is 4.83. The Morgan fingerprint density at radius 3 is 2.16 bits per heavy atom. The number of carbonyl (C=O) groups is 2. The van der Waals surface area contributed by atoms with Gasteiger partial charge < -0.3 is 20.6 Å². The molecule has 3 fully saturated rings. The maximum absolute atomic E-state index is 12.9. The number of hydrogen-bond acceptors (Lipinski definition) is 4. The van der Waals surface area contributed by atoms with Crippen molar-refractivity contribution in [2.45, 2.75) is 25.3 Å². The lowest BCUT2D eigenvalue weighted by molar-refractivity contribution is -0.139. The summed E-state index contributed by atoms with van der Waals surface area (Å²) in [5.74, 6) is 1.26. The summed E-state index contributed by atoms with van der Waals surface area (Å²) in [6.45, 7) is 2.23. The smallest absolute Gasteiger partial charge is 0.253 e. The van der Waals surface area contributed by atoms with Crippen LogP contribution in [-0.2, 0) is 4.79 Å². The first kappa shape index (κ1) is 16.4. The van der Waals surface area contributed by atoms with Gasteiger partial charge in [0.1, 0.15) is 5.75 Å². The Labute approximate surface area is 147 Å². The van der Waals surface area contributed by atoms with Crippen molar-refractivity contribution in [2.24, 2.45) is 23.5 Å². The Kier molecular flexibility index (Phi) is 4.15. The highest BCUT2D eigenvalue weighted by Gasteiger charge is 2.50. The van der Waals surface area contributed by atoms with Crippen molar-refractivity contribution in [1.29, 1.82) is 0 Å². The van der Waals surface area contributed by atoms with Crippen LogP contribution in [0.25, 0.3) is 0 Å². The van der Waals surface area contributed by atoms with Crippen LogP contribution in [0.1, 0.15) is 29.6 Å². The van der Waals surface area contributed by atoms with Crippen molar-refractivity contribution in [3.05, 3.63) is 29.8 Å². The zero-order valence-electron chi connectivity index (χ0n) is 14.3. The highest BCUT2D eigenvalue weighted by atomic mass is 16.3. The number of amides is 2. The second-order valence-corrected chi connectivity index (χ2v) is 7.60.